The molecule has 6 saturated carbocycles. The van der Waals surface area contributed by atoms with E-state index in [4.69, 9.17) is 0 Å². The van der Waals surface area contributed by atoms with Gasteiger partial charge in [-0.05, 0) is 200 Å². The quantitative estimate of drug-likeness (QED) is 0.181. The van der Waals surface area contributed by atoms with Crippen molar-refractivity contribution in [3.05, 3.63) is 69.9 Å². The zero-order valence-electron chi connectivity index (χ0n) is 42.7. The zero-order valence-corrected chi connectivity index (χ0v) is 42.7. The Morgan fingerprint density at radius 3 is 1.44 bits per heavy atom. The van der Waals surface area contributed by atoms with Gasteiger partial charge in [0.15, 0.2) is 0 Å². The van der Waals surface area contributed by atoms with Crippen LogP contribution in [-0.2, 0) is 0 Å². The van der Waals surface area contributed by atoms with Gasteiger partial charge in [-0.1, -0.05) is 152 Å². The third-order valence-corrected chi connectivity index (χ3v) is 18.2. The SMILES string of the molecule is CC=C1[C@H](C)CC(=C/C=C2\CCC[C@@]3(C)C2CCC3[C@H](C)CCCC(C)(C)C)C[C@H]1C.CC=C1[C@H](O)CC(=C/C=C2\CCC[C@@]3(C)C2CCC3[C@H](C)CCCC(C)(C)O)C[C@H]1O. The van der Waals surface area contributed by atoms with Crippen molar-refractivity contribution in [1.82, 2.24) is 0 Å². The molecule has 0 aromatic heterocycles. The Labute approximate surface area is 383 Å². The van der Waals surface area contributed by atoms with Crippen LogP contribution in [0.25, 0.3) is 0 Å². The van der Waals surface area contributed by atoms with Crippen molar-refractivity contribution in [2.45, 2.75) is 236 Å². The molecule has 0 radical (unpaired) electrons. The van der Waals surface area contributed by atoms with Gasteiger partial charge >= 0.3 is 0 Å². The third kappa shape index (κ3) is 12.8. The lowest BCUT2D eigenvalue weighted by Crippen LogP contribution is -2.36. The van der Waals surface area contributed by atoms with Crippen molar-refractivity contribution in [2.75, 3.05) is 0 Å². The largest absolute Gasteiger partial charge is 0.390 e. The average Bonchev–Trinajstić information content (AvgIpc) is 3.72. The number of aliphatic hydroxyl groups is 3. The van der Waals surface area contributed by atoms with Crippen molar-refractivity contribution >= 4 is 0 Å². The summed E-state index contributed by atoms with van der Waals surface area (Å²) < 4.78 is 0. The normalized spacial score (nSPS) is 36.5. The number of fused-ring (bicyclic) bond motifs is 2. The summed E-state index contributed by atoms with van der Waals surface area (Å²) in [5.74, 6) is 6.25. The van der Waals surface area contributed by atoms with E-state index in [9.17, 15) is 15.3 Å². The van der Waals surface area contributed by atoms with Crippen LogP contribution in [0.1, 0.15) is 218 Å². The lowest BCUT2D eigenvalue weighted by molar-refractivity contribution is 0.0596. The Hall–Kier alpha value is -1.68. The standard InChI is InChI=1S/C31H52.C28H46O3/c1-9-27-23(3)20-25(21-24(27)4)14-15-26-13-11-19-31(8)28(16-17-29(26)31)22(2)12-10-18-30(5,6)7;1-6-22-25(29)17-20(18-26(22)30)11-12-21-10-8-16-28(5)23(13-14-24(21)28)19(2)9-7-15-27(3,4)31/h9,14-15,22-24,28-29H,10-13,16-21H2,1-8H3;6,11-12,19,23-26,29-31H,7-10,13-18H2,1-5H3/b25-14?,26-15+,27-9?;20-11?,21-12+,22-6?/t22-,23-,24-,28?,29?,31-;19-,23?,24?,25-,26-,28-/m11/s1. The fourth-order valence-electron chi connectivity index (χ4n) is 14.9. The second-order valence-electron chi connectivity index (χ2n) is 24.7. The minimum absolute atomic E-state index is 0.389. The predicted molar refractivity (Wildman–Crippen MR) is 267 cm³/mol. The summed E-state index contributed by atoms with van der Waals surface area (Å²) in [6, 6.07) is 0. The van der Waals surface area contributed by atoms with Gasteiger partial charge in [-0.25, -0.2) is 0 Å². The molecule has 62 heavy (non-hydrogen) atoms. The highest BCUT2D eigenvalue weighted by Gasteiger charge is 2.51. The first-order valence-electron chi connectivity index (χ1n) is 26.3. The molecule has 352 valence electrons. The molecule has 4 unspecified atom stereocenters. The minimum Gasteiger partial charge on any atom is -0.390 e. The van der Waals surface area contributed by atoms with Crippen LogP contribution in [-0.4, -0.2) is 33.1 Å². The lowest BCUT2D eigenvalue weighted by Gasteiger charge is -2.44. The molecule has 0 aromatic carbocycles. The van der Waals surface area contributed by atoms with Crippen molar-refractivity contribution in [1.29, 1.82) is 0 Å². The predicted octanol–water partition coefficient (Wildman–Crippen LogP) is 16.0. The number of allylic oxidation sites excluding steroid dienone is 10. The summed E-state index contributed by atoms with van der Waals surface area (Å²) in [7, 11) is 0. The van der Waals surface area contributed by atoms with Crippen LogP contribution in [0.5, 0.6) is 0 Å². The summed E-state index contributed by atoms with van der Waals surface area (Å²) in [4.78, 5) is 0. The Morgan fingerprint density at radius 2 is 1.03 bits per heavy atom. The molecule has 0 heterocycles. The molecule has 0 amide bonds. The highest BCUT2D eigenvalue weighted by atomic mass is 16.3. The number of hydrogen-bond acceptors (Lipinski definition) is 3. The topological polar surface area (TPSA) is 60.7 Å². The Kier molecular flexibility index (Phi) is 18.0. The number of aliphatic hydroxyl groups excluding tert-OH is 2. The van der Waals surface area contributed by atoms with Gasteiger partial charge in [-0.2, -0.15) is 0 Å². The first-order chi connectivity index (χ1) is 29.1. The summed E-state index contributed by atoms with van der Waals surface area (Å²) >= 11 is 0. The van der Waals surface area contributed by atoms with E-state index in [-0.39, 0.29) is 0 Å². The lowest BCUT2D eigenvalue weighted by atomic mass is 9.60. The number of hydrogen-bond donors (Lipinski definition) is 3. The van der Waals surface area contributed by atoms with E-state index < -0.39 is 17.8 Å². The monoisotopic (exact) mass is 855 g/mol. The molecule has 3 N–H and O–H groups in total. The molecule has 3 heteroatoms. The fraction of sp³-hybridized carbons (Fsp3) is 0.797. The van der Waals surface area contributed by atoms with Crippen LogP contribution in [0.2, 0.25) is 0 Å². The summed E-state index contributed by atoms with van der Waals surface area (Å²) in [5, 5.41) is 30.7. The Bertz CT molecular complexity index is 1500. The fourth-order valence-corrected chi connectivity index (χ4v) is 14.9. The van der Waals surface area contributed by atoms with E-state index in [0.29, 0.717) is 40.9 Å². The molecule has 0 aromatic rings. The van der Waals surface area contributed by atoms with E-state index in [1.807, 2.05) is 26.8 Å². The molecule has 6 aliphatic rings. The van der Waals surface area contributed by atoms with E-state index in [0.717, 1.165) is 53.9 Å². The van der Waals surface area contributed by atoms with Gasteiger partial charge in [0.05, 0.1) is 17.8 Å². The smallest absolute Gasteiger partial charge is 0.0812 e. The molecular weight excluding hydrogens is 757 g/mol. The highest BCUT2D eigenvalue weighted by Crippen LogP contribution is 2.61. The van der Waals surface area contributed by atoms with Gasteiger partial charge < -0.3 is 15.3 Å². The Balaban J connectivity index is 0.000000234. The van der Waals surface area contributed by atoms with Gasteiger partial charge in [-0.3, -0.25) is 0 Å². The summed E-state index contributed by atoms with van der Waals surface area (Å²) in [6.45, 7) is 30.2. The molecule has 0 saturated heterocycles. The highest BCUT2D eigenvalue weighted by molar-refractivity contribution is 5.31. The maximum absolute atomic E-state index is 10.3. The van der Waals surface area contributed by atoms with E-state index in [1.54, 1.807) is 22.3 Å². The molecule has 12 atom stereocenters. The molecule has 0 aliphatic heterocycles. The zero-order chi connectivity index (χ0) is 45.6. The van der Waals surface area contributed by atoms with Gasteiger partial charge in [0.25, 0.3) is 0 Å². The van der Waals surface area contributed by atoms with Crippen LogP contribution in [0.3, 0.4) is 0 Å². The van der Waals surface area contributed by atoms with Crippen molar-refractivity contribution in [2.24, 2.45) is 63.6 Å². The maximum atomic E-state index is 10.3. The molecule has 0 spiro atoms. The second kappa shape index (κ2) is 21.7. The van der Waals surface area contributed by atoms with Crippen molar-refractivity contribution in [3.63, 3.8) is 0 Å². The van der Waals surface area contributed by atoms with E-state index in [1.165, 1.54) is 108 Å². The second-order valence-corrected chi connectivity index (χ2v) is 24.7. The van der Waals surface area contributed by atoms with Crippen molar-refractivity contribution < 1.29 is 15.3 Å². The molecule has 0 bridgehead atoms. The average molecular weight is 855 g/mol. The van der Waals surface area contributed by atoms with Crippen LogP contribution in [0.4, 0.5) is 0 Å². The number of rotatable bonds is 11. The van der Waals surface area contributed by atoms with Gasteiger partial charge in [0.1, 0.15) is 0 Å². The van der Waals surface area contributed by atoms with Gasteiger partial charge in [0, 0.05) is 0 Å². The maximum Gasteiger partial charge on any atom is 0.0812 e. The van der Waals surface area contributed by atoms with E-state index >= 15 is 0 Å². The van der Waals surface area contributed by atoms with Gasteiger partial charge in [-0.15, -0.1) is 0 Å². The molecular formula is C59H98O3. The minimum atomic E-state index is -0.552. The van der Waals surface area contributed by atoms with E-state index in [2.05, 4.69) is 99.6 Å². The van der Waals surface area contributed by atoms with Gasteiger partial charge in [0.2, 0.25) is 0 Å². The molecule has 6 fully saturated rings. The summed E-state index contributed by atoms with van der Waals surface area (Å²) in [5.41, 5.74) is 9.56. The molecule has 6 rings (SSSR count). The van der Waals surface area contributed by atoms with Crippen LogP contribution in [0.15, 0.2) is 69.9 Å². The first-order valence-corrected chi connectivity index (χ1v) is 26.3. The first kappa shape index (κ1) is 51.3. The van der Waals surface area contributed by atoms with Crippen molar-refractivity contribution in [3.8, 4) is 0 Å². The van der Waals surface area contributed by atoms with Crippen LogP contribution < -0.4 is 0 Å². The molecule has 3 nitrogen and oxygen atoms in total. The third-order valence-electron chi connectivity index (χ3n) is 18.2. The van der Waals surface area contributed by atoms with Crippen LogP contribution in [0, 0.1) is 63.6 Å². The van der Waals surface area contributed by atoms with Crippen LogP contribution >= 0.6 is 0 Å². The Morgan fingerprint density at radius 1 is 0.613 bits per heavy atom. The molecule has 6 aliphatic carbocycles. The summed E-state index contributed by atoms with van der Waals surface area (Å²) in [6.07, 6.45) is 37.6.